The fourth-order valence-electron chi connectivity index (χ4n) is 2.26. The Morgan fingerprint density at radius 3 is 2.43 bits per heavy atom. The first kappa shape index (κ1) is 13.9. The Balaban J connectivity index is 2.24. The predicted molar refractivity (Wildman–Crippen MR) is 83.7 cm³/mol. The Morgan fingerprint density at radius 1 is 1.14 bits per heavy atom. The van der Waals surface area contributed by atoms with Crippen LogP contribution in [0.2, 0.25) is 0 Å². The Morgan fingerprint density at radius 2 is 1.86 bits per heavy atom. The van der Waals surface area contributed by atoms with Gasteiger partial charge in [-0.15, -0.1) is 11.3 Å². The summed E-state index contributed by atoms with van der Waals surface area (Å²) in [5, 5.41) is 7.40. The minimum Gasteiger partial charge on any atom is -0.259 e. The van der Waals surface area contributed by atoms with Crippen molar-refractivity contribution in [1.82, 2.24) is 14.8 Å². The molecule has 5 heteroatoms. The van der Waals surface area contributed by atoms with Crippen molar-refractivity contribution in [3.05, 3.63) is 47.9 Å². The van der Waals surface area contributed by atoms with Crippen LogP contribution >= 0.6 is 11.3 Å². The largest absolute Gasteiger partial charge is 0.259 e. The smallest absolute Gasteiger partial charge is 0.127 e. The molecule has 0 aliphatic carbocycles. The average molecular weight is 301 g/mol. The Kier molecular flexibility index (Phi) is 3.37. The highest BCUT2D eigenvalue weighted by Gasteiger charge is 2.23. The lowest BCUT2D eigenvalue weighted by Crippen LogP contribution is -2.24. The molecule has 0 saturated heterocycles. The summed E-state index contributed by atoms with van der Waals surface area (Å²) in [7, 11) is 0. The molecule has 0 aliphatic heterocycles. The topological polar surface area (TPSA) is 30.7 Å². The fraction of sp³-hybridized carbons (Fsp3) is 0.250. The number of nitrogens with zero attached hydrogens (tertiary/aromatic N) is 3. The van der Waals surface area contributed by atoms with Crippen LogP contribution in [-0.2, 0) is 5.54 Å². The number of benzene rings is 1. The van der Waals surface area contributed by atoms with Crippen molar-refractivity contribution in [3.63, 3.8) is 0 Å². The molecule has 2 heterocycles. The van der Waals surface area contributed by atoms with Gasteiger partial charge in [-0.05, 0) is 45.0 Å². The van der Waals surface area contributed by atoms with Crippen molar-refractivity contribution >= 4 is 11.3 Å². The molecule has 0 amide bonds. The zero-order valence-corrected chi connectivity index (χ0v) is 13.0. The molecule has 0 saturated carbocycles. The molecule has 0 aliphatic rings. The normalized spacial score (nSPS) is 11.8. The van der Waals surface area contributed by atoms with Crippen molar-refractivity contribution < 1.29 is 4.39 Å². The van der Waals surface area contributed by atoms with Crippen LogP contribution in [0, 0.1) is 5.82 Å². The van der Waals surface area contributed by atoms with Gasteiger partial charge in [0.15, 0.2) is 0 Å². The molecule has 3 rings (SSSR count). The number of hydrogen-bond donors (Lipinski definition) is 0. The van der Waals surface area contributed by atoms with Gasteiger partial charge >= 0.3 is 0 Å². The van der Waals surface area contributed by atoms with Gasteiger partial charge in [-0.1, -0.05) is 0 Å². The summed E-state index contributed by atoms with van der Waals surface area (Å²) >= 11 is 1.57. The van der Waals surface area contributed by atoms with Crippen molar-refractivity contribution in [2.45, 2.75) is 26.3 Å². The van der Waals surface area contributed by atoms with Gasteiger partial charge in [-0.25, -0.2) is 9.37 Å². The zero-order valence-electron chi connectivity index (χ0n) is 12.2. The van der Waals surface area contributed by atoms with E-state index in [9.17, 15) is 4.39 Å². The maximum Gasteiger partial charge on any atom is 0.127 e. The van der Waals surface area contributed by atoms with Crippen LogP contribution in [0.15, 0.2) is 42.0 Å². The van der Waals surface area contributed by atoms with E-state index < -0.39 is 0 Å². The first-order valence-corrected chi connectivity index (χ1v) is 7.59. The molecule has 21 heavy (non-hydrogen) atoms. The van der Waals surface area contributed by atoms with E-state index in [0.29, 0.717) is 0 Å². The molecule has 0 bridgehead atoms. The lowest BCUT2D eigenvalue weighted by molar-refractivity contribution is 0.360. The minimum absolute atomic E-state index is 0.167. The van der Waals surface area contributed by atoms with E-state index in [1.807, 2.05) is 16.3 Å². The van der Waals surface area contributed by atoms with Crippen LogP contribution in [0.4, 0.5) is 4.39 Å². The molecular weight excluding hydrogens is 285 g/mol. The monoisotopic (exact) mass is 301 g/mol. The molecule has 0 radical (unpaired) electrons. The third kappa shape index (κ3) is 2.61. The van der Waals surface area contributed by atoms with E-state index in [2.05, 4.69) is 30.9 Å². The molecule has 0 atom stereocenters. The molecule has 0 fully saturated rings. The van der Waals surface area contributed by atoms with E-state index in [4.69, 9.17) is 0 Å². The summed E-state index contributed by atoms with van der Waals surface area (Å²) < 4.78 is 15.2. The number of rotatable bonds is 2. The Labute approximate surface area is 127 Å². The number of thiazole rings is 1. The van der Waals surface area contributed by atoms with Crippen LogP contribution in [0.3, 0.4) is 0 Å². The highest BCUT2D eigenvalue weighted by Crippen LogP contribution is 2.36. The lowest BCUT2D eigenvalue weighted by Gasteiger charge is -2.23. The predicted octanol–water partition coefficient (Wildman–Crippen LogP) is 4.57. The van der Waals surface area contributed by atoms with Gasteiger partial charge in [0, 0.05) is 17.1 Å². The number of halogens is 1. The molecule has 0 unspecified atom stereocenters. The van der Waals surface area contributed by atoms with Crippen molar-refractivity contribution in [2.24, 2.45) is 0 Å². The van der Waals surface area contributed by atoms with Crippen molar-refractivity contribution in [3.8, 4) is 21.8 Å². The second-order valence-electron chi connectivity index (χ2n) is 5.83. The molecule has 3 aromatic rings. The number of aromatic nitrogens is 3. The summed E-state index contributed by atoms with van der Waals surface area (Å²) in [4.78, 5) is 4.38. The summed E-state index contributed by atoms with van der Waals surface area (Å²) in [5.74, 6) is -0.239. The van der Waals surface area contributed by atoms with E-state index in [0.717, 1.165) is 21.8 Å². The second-order valence-corrected chi connectivity index (χ2v) is 6.73. The van der Waals surface area contributed by atoms with E-state index >= 15 is 0 Å². The van der Waals surface area contributed by atoms with E-state index in [1.54, 1.807) is 29.7 Å². The highest BCUT2D eigenvalue weighted by atomic mass is 32.1. The quantitative estimate of drug-likeness (QED) is 0.694. The van der Waals surface area contributed by atoms with Crippen LogP contribution in [-0.4, -0.2) is 14.8 Å². The molecule has 2 aromatic heterocycles. The van der Waals surface area contributed by atoms with E-state index in [-0.39, 0.29) is 11.4 Å². The maximum absolute atomic E-state index is 13.2. The van der Waals surface area contributed by atoms with Gasteiger partial charge < -0.3 is 0 Å². The van der Waals surface area contributed by atoms with Gasteiger partial charge in [-0.3, -0.25) is 4.68 Å². The summed E-state index contributed by atoms with van der Waals surface area (Å²) in [6, 6.07) is 6.51. The third-order valence-corrected chi connectivity index (χ3v) is 3.99. The molecule has 0 N–H and O–H groups in total. The molecular formula is C16H16FN3S. The summed E-state index contributed by atoms with van der Waals surface area (Å²) in [5.41, 5.74) is 2.72. The minimum atomic E-state index is -0.239. The average Bonchev–Trinajstić information content (AvgIpc) is 3.07. The zero-order chi connectivity index (χ0) is 15.0. The fourth-order valence-corrected chi connectivity index (χ4v) is 2.90. The second kappa shape index (κ2) is 5.07. The van der Waals surface area contributed by atoms with Gasteiger partial charge in [0.05, 0.1) is 23.0 Å². The standard InChI is InChI=1S/C16H16FN3S/c1-16(2,3)20-14(11-4-6-12(17)7-5-11)13(10-19-20)15-18-8-9-21-15/h4-10H,1-3H3. The van der Waals surface area contributed by atoms with Crippen molar-refractivity contribution in [1.29, 1.82) is 0 Å². The van der Waals surface area contributed by atoms with Crippen molar-refractivity contribution in [2.75, 3.05) is 0 Å². The first-order chi connectivity index (χ1) is 9.97. The molecule has 1 aromatic carbocycles. The molecule has 3 nitrogen and oxygen atoms in total. The lowest BCUT2D eigenvalue weighted by atomic mass is 10.0. The highest BCUT2D eigenvalue weighted by molar-refractivity contribution is 7.13. The SMILES string of the molecule is CC(C)(C)n1ncc(-c2nccs2)c1-c1ccc(F)cc1. The van der Waals surface area contributed by atoms with Gasteiger partial charge in [0.1, 0.15) is 10.8 Å². The Hall–Kier alpha value is -2.01. The summed E-state index contributed by atoms with van der Waals surface area (Å²) in [6.45, 7) is 6.29. The maximum atomic E-state index is 13.2. The van der Waals surface area contributed by atoms with Gasteiger partial charge in [0.25, 0.3) is 0 Å². The number of hydrogen-bond acceptors (Lipinski definition) is 3. The molecule has 0 spiro atoms. The van der Waals surface area contributed by atoms with Crippen LogP contribution < -0.4 is 0 Å². The first-order valence-electron chi connectivity index (χ1n) is 6.71. The van der Waals surface area contributed by atoms with Gasteiger partial charge in [-0.2, -0.15) is 5.10 Å². The van der Waals surface area contributed by atoms with Crippen LogP contribution in [0.5, 0.6) is 0 Å². The Bertz CT molecular complexity index is 737. The van der Waals surface area contributed by atoms with Crippen LogP contribution in [0.1, 0.15) is 20.8 Å². The van der Waals surface area contributed by atoms with E-state index in [1.165, 1.54) is 12.1 Å². The van der Waals surface area contributed by atoms with Gasteiger partial charge in [0.2, 0.25) is 0 Å². The van der Waals surface area contributed by atoms with Crippen LogP contribution in [0.25, 0.3) is 21.8 Å². The summed E-state index contributed by atoms with van der Waals surface area (Å²) in [6.07, 6.45) is 3.62. The molecule has 108 valence electrons. The third-order valence-electron chi connectivity index (χ3n) is 3.19.